The van der Waals surface area contributed by atoms with Crippen molar-refractivity contribution in [3.8, 4) is 11.5 Å². The maximum Gasteiger partial charge on any atom is 0.246 e. The van der Waals surface area contributed by atoms with Crippen LogP contribution in [0.4, 0.5) is 0 Å². The SMILES string of the molecule is COc1ccc(S(=O)(=O)N2CCC(C(C)N)C2)c(OC)c1. The first kappa shape index (κ1) is 16.1. The molecule has 0 aromatic heterocycles. The van der Waals surface area contributed by atoms with E-state index in [4.69, 9.17) is 15.2 Å². The molecular formula is C14H22N2O4S. The van der Waals surface area contributed by atoms with E-state index >= 15 is 0 Å². The number of sulfonamides is 1. The fourth-order valence-electron chi connectivity index (χ4n) is 2.53. The second-order valence-electron chi connectivity index (χ2n) is 5.29. The molecule has 0 radical (unpaired) electrons. The molecule has 1 aliphatic heterocycles. The first-order valence-electron chi connectivity index (χ1n) is 6.88. The third-order valence-corrected chi connectivity index (χ3v) is 5.82. The fraction of sp³-hybridized carbons (Fsp3) is 0.571. The molecule has 2 atom stereocenters. The molecule has 118 valence electrons. The van der Waals surface area contributed by atoms with Gasteiger partial charge in [-0.2, -0.15) is 4.31 Å². The fourth-order valence-corrected chi connectivity index (χ4v) is 4.18. The number of benzene rings is 1. The van der Waals surface area contributed by atoms with Gasteiger partial charge in [0.05, 0.1) is 14.2 Å². The lowest BCUT2D eigenvalue weighted by Gasteiger charge is -2.19. The molecule has 1 fully saturated rings. The minimum Gasteiger partial charge on any atom is -0.497 e. The van der Waals surface area contributed by atoms with Crippen LogP contribution in [0.1, 0.15) is 13.3 Å². The van der Waals surface area contributed by atoms with Gasteiger partial charge in [-0.25, -0.2) is 8.42 Å². The summed E-state index contributed by atoms with van der Waals surface area (Å²) in [5, 5.41) is 0. The molecule has 1 saturated heterocycles. The highest BCUT2D eigenvalue weighted by Gasteiger charge is 2.35. The lowest BCUT2D eigenvalue weighted by molar-refractivity contribution is 0.382. The Labute approximate surface area is 125 Å². The van der Waals surface area contributed by atoms with Crippen molar-refractivity contribution >= 4 is 10.0 Å². The minimum atomic E-state index is -3.58. The Hall–Kier alpha value is -1.31. The van der Waals surface area contributed by atoms with E-state index in [-0.39, 0.29) is 16.9 Å². The molecule has 6 nitrogen and oxygen atoms in total. The summed E-state index contributed by atoms with van der Waals surface area (Å²) < 4.78 is 37.3. The van der Waals surface area contributed by atoms with Gasteiger partial charge in [-0.15, -0.1) is 0 Å². The van der Waals surface area contributed by atoms with Crippen molar-refractivity contribution in [1.29, 1.82) is 0 Å². The third-order valence-electron chi connectivity index (χ3n) is 3.92. The normalized spacial score (nSPS) is 21.2. The van der Waals surface area contributed by atoms with Gasteiger partial charge in [0.1, 0.15) is 16.4 Å². The van der Waals surface area contributed by atoms with Crippen molar-refractivity contribution in [3.05, 3.63) is 18.2 Å². The highest BCUT2D eigenvalue weighted by atomic mass is 32.2. The van der Waals surface area contributed by atoms with Crippen LogP contribution in [0.25, 0.3) is 0 Å². The van der Waals surface area contributed by atoms with E-state index in [0.717, 1.165) is 6.42 Å². The second kappa shape index (κ2) is 6.21. The Morgan fingerprint density at radius 2 is 2.05 bits per heavy atom. The zero-order chi connectivity index (χ0) is 15.6. The number of nitrogens with two attached hydrogens (primary N) is 1. The first-order valence-corrected chi connectivity index (χ1v) is 8.32. The Bertz CT molecular complexity index is 601. The second-order valence-corrected chi connectivity index (χ2v) is 7.19. The van der Waals surface area contributed by atoms with Gasteiger partial charge in [-0.3, -0.25) is 0 Å². The molecule has 1 aromatic carbocycles. The van der Waals surface area contributed by atoms with E-state index < -0.39 is 10.0 Å². The number of hydrogen-bond acceptors (Lipinski definition) is 5. The predicted molar refractivity (Wildman–Crippen MR) is 80.1 cm³/mol. The number of hydrogen-bond donors (Lipinski definition) is 1. The van der Waals surface area contributed by atoms with Gasteiger partial charge in [0, 0.05) is 25.2 Å². The van der Waals surface area contributed by atoms with Crippen LogP contribution < -0.4 is 15.2 Å². The topological polar surface area (TPSA) is 81.9 Å². The average Bonchev–Trinajstić information content (AvgIpc) is 2.97. The number of nitrogens with zero attached hydrogens (tertiary/aromatic N) is 1. The van der Waals surface area contributed by atoms with E-state index in [1.807, 2.05) is 6.92 Å². The lowest BCUT2D eigenvalue weighted by atomic mass is 10.0. The molecule has 1 heterocycles. The van der Waals surface area contributed by atoms with Crippen LogP contribution in [0, 0.1) is 5.92 Å². The van der Waals surface area contributed by atoms with Gasteiger partial charge >= 0.3 is 0 Å². The summed E-state index contributed by atoms with van der Waals surface area (Å²) in [5.74, 6) is 1.04. The lowest BCUT2D eigenvalue weighted by Crippen LogP contribution is -2.33. The third kappa shape index (κ3) is 3.14. The Morgan fingerprint density at radius 1 is 1.33 bits per heavy atom. The van der Waals surface area contributed by atoms with Crippen molar-refractivity contribution in [2.75, 3.05) is 27.3 Å². The highest BCUT2D eigenvalue weighted by molar-refractivity contribution is 7.89. The largest absolute Gasteiger partial charge is 0.497 e. The van der Waals surface area contributed by atoms with E-state index in [0.29, 0.717) is 24.6 Å². The van der Waals surface area contributed by atoms with Crippen molar-refractivity contribution < 1.29 is 17.9 Å². The van der Waals surface area contributed by atoms with E-state index in [1.54, 1.807) is 12.1 Å². The van der Waals surface area contributed by atoms with Gasteiger partial charge in [-0.1, -0.05) is 0 Å². The van der Waals surface area contributed by atoms with Crippen LogP contribution in [0.3, 0.4) is 0 Å². The van der Waals surface area contributed by atoms with Crippen LogP contribution in [-0.4, -0.2) is 46.1 Å². The first-order chi connectivity index (χ1) is 9.90. The molecule has 0 spiro atoms. The number of rotatable bonds is 5. The maximum atomic E-state index is 12.7. The zero-order valence-electron chi connectivity index (χ0n) is 12.6. The number of ether oxygens (including phenoxy) is 2. The smallest absolute Gasteiger partial charge is 0.246 e. The summed E-state index contributed by atoms with van der Waals surface area (Å²) in [6.07, 6.45) is 0.787. The molecule has 21 heavy (non-hydrogen) atoms. The van der Waals surface area contributed by atoms with Gasteiger partial charge < -0.3 is 15.2 Å². The Morgan fingerprint density at radius 3 is 2.57 bits per heavy atom. The maximum absolute atomic E-state index is 12.7. The minimum absolute atomic E-state index is 0.0111. The van der Waals surface area contributed by atoms with Crippen LogP contribution in [0.15, 0.2) is 23.1 Å². The molecule has 0 saturated carbocycles. The Kier molecular flexibility index (Phi) is 4.75. The molecule has 0 aliphatic carbocycles. The zero-order valence-corrected chi connectivity index (χ0v) is 13.4. The van der Waals surface area contributed by atoms with Crippen LogP contribution in [-0.2, 0) is 10.0 Å². The van der Waals surface area contributed by atoms with E-state index in [1.165, 1.54) is 24.6 Å². The van der Waals surface area contributed by atoms with Gasteiger partial charge in [0.25, 0.3) is 0 Å². The van der Waals surface area contributed by atoms with E-state index in [9.17, 15) is 8.42 Å². The van der Waals surface area contributed by atoms with Crippen molar-refractivity contribution in [2.45, 2.75) is 24.3 Å². The molecule has 2 unspecified atom stereocenters. The molecule has 0 bridgehead atoms. The molecule has 1 aromatic rings. The van der Waals surface area contributed by atoms with Gasteiger partial charge in [0.2, 0.25) is 10.0 Å². The Balaban J connectivity index is 2.32. The molecular weight excluding hydrogens is 292 g/mol. The molecule has 2 rings (SSSR count). The summed E-state index contributed by atoms with van der Waals surface area (Å²) in [4.78, 5) is 0.163. The standard InChI is InChI=1S/C14H22N2O4S/c1-10(15)11-6-7-16(9-11)21(17,18)14-5-4-12(19-2)8-13(14)20-3/h4-5,8,10-11H,6-7,9,15H2,1-3H3. The molecule has 1 aliphatic rings. The molecule has 2 N–H and O–H groups in total. The van der Waals surface area contributed by atoms with Gasteiger partial charge in [0.15, 0.2) is 0 Å². The van der Waals surface area contributed by atoms with Crippen LogP contribution in [0.2, 0.25) is 0 Å². The van der Waals surface area contributed by atoms with Crippen molar-refractivity contribution in [3.63, 3.8) is 0 Å². The van der Waals surface area contributed by atoms with Crippen molar-refractivity contribution in [1.82, 2.24) is 4.31 Å². The molecule has 7 heteroatoms. The number of methoxy groups -OCH3 is 2. The summed E-state index contributed by atoms with van der Waals surface area (Å²) in [6.45, 7) is 2.85. The van der Waals surface area contributed by atoms with E-state index in [2.05, 4.69) is 0 Å². The summed E-state index contributed by atoms with van der Waals surface area (Å²) >= 11 is 0. The van der Waals surface area contributed by atoms with Crippen LogP contribution in [0.5, 0.6) is 11.5 Å². The summed E-state index contributed by atoms with van der Waals surface area (Å²) in [6, 6.07) is 4.70. The average molecular weight is 314 g/mol. The summed E-state index contributed by atoms with van der Waals surface area (Å²) in [7, 11) is -0.604. The monoisotopic (exact) mass is 314 g/mol. The van der Waals surface area contributed by atoms with Gasteiger partial charge in [-0.05, 0) is 31.4 Å². The van der Waals surface area contributed by atoms with Crippen molar-refractivity contribution in [2.24, 2.45) is 11.7 Å². The summed E-state index contributed by atoms with van der Waals surface area (Å²) in [5.41, 5.74) is 5.87. The quantitative estimate of drug-likeness (QED) is 0.879. The predicted octanol–water partition coefficient (Wildman–Crippen LogP) is 1.06. The highest BCUT2D eigenvalue weighted by Crippen LogP contribution is 2.33. The molecule has 0 amide bonds. The van der Waals surface area contributed by atoms with Crippen LogP contribution >= 0.6 is 0 Å².